The number of hydrogen-bond donors (Lipinski definition) is 1. The molecular formula is C21H28N2O3S. The lowest BCUT2D eigenvalue weighted by Crippen LogP contribution is -2.48. The number of hydrogen-bond acceptors (Lipinski definition) is 4. The lowest BCUT2D eigenvalue weighted by molar-refractivity contribution is -0.138. The van der Waals surface area contributed by atoms with E-state index in [0.29, 0.717) is 24.0 Å². The fourth-order valence-corrected chi connectivity index (χ4v) is 5.33. The Morgan fingerprint density at radius 3 is 2.93 bits per heavy atom. The lowest BCUT2D eigenvalue weighted by atomic mass is 9.80. The van der Waals surface area contributed by atoms with E-state index >= 15 is 0 Å². The first-order chi connectivity index (χ1) is 13.2. The normalized spacial score (nSPS) is 24.4. The summed E-state index contributed by atoms with van der Waals surface area (Å²) in [6, 6.07) is 5.90. The predicted molar refractivity (Wildman–Crippen MR) is 107 cm³/mol. The zero-order valence-electron chi connectivity index (χ0n) is 15.9. The number of amides is 2. The molecule has 27 heavy (non-hydrogen) atoms. The summed E-state index contributed by atoms with van der Waals surface area (Å²) in [6.07, 6.45) is 6.10. The second-order valence-electron chi connectivity index (χ2n) is 7.93. The Hall–Kier alpha value is -1.69. The Morgan fingerprint density at radius 2 is 2.15 bits per heavy atom. The minimum atomic E-state index is -0.305. The zero-order valence-corrected chi connectivity index (χ0v) is 16.7. The first kappa shape index (κ1) is 18.7. The summed E-state index contributed by atoms with van der Waals surface area (Å²) in [5.41, 5.74) is 2.57. The van der Waals surface area contributed by atoms with Crippen LogP contribution < -0.4 is 10.1 Å². The molecule has 2 atom stereocenters. The van der Waals surface area contributed by atoms with Crippen LogP contribution in [0.15, 0.2) is 18.2 Å². The van der Waals surface area contributed by atoms with Gasteiger partial charge in [0.15, 0.2) is 0 Å². The van der Waals surface area contributed by atoms with E-state index in [-0.39, 0.29) is 23.8 Å². The van der Waals surface area contributed by atoms with Crippen molar-refractivity contribution in [3.8, 4) is 5.75 Å². The Balaban J connectivity index is 1.40. The Morgan fingerprint density at radius 1 is 1.30 bits per heavy atom. The summed E-state index contributed by atoms with van der Waals surface area (Å²) in [6.45, 7) is 0.764. The SMILES string of the molecule is COc1ccc2c(c1)CCC[C@@H]2CC(=O)N1CSC[C@@H]1C(=O)NCC1CC1. The average Bonchev–Trinajstić information content (AvgIpc) is 3.39. The molecule has 0 spiro atoms. The standard InChI is InChI=1S/C21H28N2O3S/c1-26-17-7-8-18-15(9-17)3-2-4-16(18)10-20(24)23-13-27-12-19(23)21(25)22-11-14-5-6-14/h7-9,14,16,19H,2-6,10-13H2,1H3,(H,22,25)/t16-,19-/m1/s1. The Kier molecular flexibility index (Phi) is 5.62. The topological polar surface area (TPSA) is 58.6 Å². The summed E-state index contributed by atoms with van der Waals surface area (Å²) < 4.78 is 5.34. The highest BCUT2D eigenvalue weighted by Gasteiger charge is 2.36. The van der Waals surface area contributed by atoms with Crippen molar-refractivity contribution in [2.75, 3.05) is 25.3 Å². The van der Waals surface area contributed by atoms with E-state index in [0.717, 1.165) is 31.6 Å². The van der Waals surface area contributed by atoms with E-state index in [1.54, 1.807) is 23.8 Å². The van der Waals surface area contributed by atoms with Crippen molar-refractivity contribution in [1.29, 1.82) is 0 Å². The minimum absolute atomic E-state index is 0.0223. The van der Waals surface area contributed by atoms with Crippen LogP contribution in [0.5, 0.6) is 5.75 Å². The van der Waals surface area contributed by atoms with Crippen molar-refractivity contribution in [2.24, 2.45) is 5.92 Å². The van der Waals surface area contributed by atoms with Crippen molar-refractivity contribution >= 4 is 23.6 Å². The number of aryl methyl sites for hydroxylation is 1. The molecule has 146 valence electrons. The Labute approximate surface area is 165 Å². The average molecular weight is 389 g/mol. The van der Waals surface area contributed by atoms with Crippen LogP contribution in [0.4, 0.5) is 0 Å². The first-order valence-electron chi connectivity index (χ1n) is 9.97. The molecule has 0 unspecified atom stereocenters. The highest BCUT2D eigenvalue weighted by molar-refractivity contribution is 7.99. The van der Waals surface area contributed by atoms with Gasteiger partial charge in [-0.3, -0.25) is 9.59 Å². The molecule has 1 aromatic carbocycles. The third-order valence-electron chi connectivity index (χ3n) is 5.98. The molecule has 4 rings (SSSR count). The second-order valence-corrected chi connectivity index (χ2v) is 8.93. The summed E-state index contributed by atoms with van der Waals surface area (Å²) in [5.74, 6) is 3.25. The van der Waals surface area contributed by atoms with E-state index in [1.165, 1.54) is 24.0 Å². The molecule has 3 aliphatic rings. The van der Waals surface area contributed by atoms with Crippen molar-refractivity contribution in [1.82, 2.24) is 10.2 Å². The molecule has 1 aliphatic heterocycles. The maximum absolute atomic E-state index is 13.0. The third-order valence-corrected chi connectivity index (χ3v) is 6.99. The van der Waals surface area contributed by atoms with Crippen LogP contribution in [-0.4, -0.2) is 48.0 Å². The van der Waals surface area contributed by atoms with Crippen molar-refractivity contribution < 1.29 is 14.3 Å². The fraction of sp³-hybridized carbons (Fsp3) is 0.619. The number of benzene rings is 1. The molecule has 1 heterocycles. The molecule has 2 amide bonds. The van der Waals surface area contributed by atoms with E-state index in [4.69, 9.17) is 4.74 Å². The molecule has 0 bridgehead atoms. The number of carbonyl (C=O) groups excluding carboxylic acids is 2. The van der Waals surface area contributed by atoms with Gasteiger partial charge in [-0.15, -0.1) is 11.8 Å². The van der Waals surface area contributed by atoms with Gasteiger partial charge in [-0.05, 0) is 67.2 Å². The number of rotatable bonds is 6. The highest BCUT2D eigenvalue weighted by Crippen LogP contribution is 2.37. The summed E-state index contributed by atoms with van der Waals surface area (Å²) >= 11 is 1.68. The van der Waals surface area contributed by atoms with E-state index < -0.39 is 0 Å². The van der Waals surface area contributed by atoms with E-state index in [1.807, 2.05) is 6.07 Å². The zero-order chi connectivity index (χ0) is 18.8. The van der Waals surface area contributed by atoms with Crippen LogP contribution in [0.3, 0.4) is 0 Å². The number of carbonyl (C=O) groups is 2. The summed E-state index contributed by atoms with van der Waals surface area (Å²) in [7, 11) is 1.69. The lowest BCUT2D eigenvalue weighted by Gasteiger charge is -2.29. The van der Waals surface area contributed by atoms with Gasteiger partial charge in [-0.1, -0.05) is 6.07 Å². The van der Waals surface area contributed by atoms with Gasteiger partial charge in [0, 0.05) is 18.7 Å². The van der Waals surface area contributed by atoms with Crippen LogP contribution in [0.2, 0.25) is 0 Å². The van der Waals surface area contributed by atoms with Gasteiger partial charge in [0.1, 0.15) is 11.8 Å². The molecule has 2 fully saturated rings. The van der Waals surface area contributed by atoms with Crippen LogP contribution in [-0.2, 0) is 16.0 Å². The van der Waals surface area contributed by atoms with Gasteiger partial charge in [0.05, 0.1) is 13.0 Å². The van der Waals surface area contributed by atoms with Crippen LogP contribution in [0, 0.1) is 5.92 Å². The fourth-order valence-electron chi connectivity index (χ4n) is 4.15. The molecular weight excluding hydrogens is 360 g/mol. The molecule has 0 aromatic heterocycles. The van der Waals surface area contributed by atoms with Crippen LogP contribution >= 0.6 is 11.8 Å². The van der Waals surface area contributed by atoms with Gasteiger partial charge < -0.3 is 15.0 Å². The molecule has 1 saturated heterocycles. The maximum atomic E-state index is 13.0. The maximum Gasteiger partial charge on any atom is 0.243 e. The molecule has 1 aromatic rings. The molecule has 6 heteroatoms. The molecule has 1 N–H and O–H groups in total. The first-order valence-corrected chi connectivity index (χ1v) is 11.1. The number of methoxy groups -OCH3 is 1. The number of nitrogens with one attached hydrogen (secondary N) is 1. The number of fused-ring (bicyclic) bond motifs is 1. The molecule has 2 aliphatic carbocycles. The summed E-state index contributed by atoms with van der Waals surface area (Å²) in [5, 5.41) is 3.04. The van der Waals surface area contributed by atoms with Gasteiger partial charge in [-0.2, -0.15) is 0 Å². The number of ether oxygens (including phenoxy) is 1. The van der Waals surface area contributed by atoms with Crippen molar-refractivity contribution in [3.05, 3.63) is 29.3 Å². The van der Waals surface area contributed by atoms with Crippen molar-refractivity contribution in [3.63, 3.8) is 0 Å². The number of nitrogens with zero attached hydrogens (tertiary/aromatic N) is 1. The van der Waals surface area contributed by atoms with E-state index in [9.17, 15) is 9.59 Å². The Bertz CT molecular complexity index is 719. The van der Waals surface area contributed by atoms with Crippen molar-refractivity contribution in [2.45, 2.75) is 50.5 Å². The second kappa shape index (κ2) is 8.13. The van der Waals surface area contributed by atoms with Crippen LogP contribution in [0.1, 0.15) is 49.1 Å². The largest absolute Gasteiger partial charge is 0.497 e. The number of thioether (sulfide) groups is 1. The molecule has 0 radical (unpaired) electrons. The molecule has 1 saturated carbocycles. The van der Waals surface area contributed by atoms with Gasteiger partial charge in [0.2, 0.25) is 11.8 Å². The van der Waals surface area contributed by atoms with Gasteiger partial charge >= 0.3 is 0 Å². The smallest absolute Gasteiger partial charge is 0.243 e. The summed E-state index contributed by atoms with van der Waals surface area (Å²) in [4.78, 5) is 27.3. The van der Waals surface area contributed by atoms with Crippen LogP contribution in [0.25, 0.3) is 0 Å². The predicted octanol–water partition coefficient (Wildman–Crippen LogP) is 2.93. The van der Waals surface area contributed by atoms with E-state index in [2.05, 4.69) is 17.4 Å². The van der Waals surface area contributed by atoms with Gasteiger partial charge in [-0.25, -0.2) is 0 Å². The minimum Gasteiger partial charge on any atom is -0.497 e. The monoisotopic (exact) mass is 388 g/mol. The highest BCUT2D eigenvalue weighted by atomic mass is 32.2. The van der Waals surface area contributed by atoms with Gasteiger partial charge in [0.25, 0.3) is 0 Å². The third kappa shape index (κ3) is 4.26. The quantitative estimate of drug-likeness (QED) is 0.814. The molecule has 5 nitrogen and oxygen atoms in total.